The summed E-state index contributed by atoms with van der Waals surface area (Å²) in [5.41, 5.74) is -0.166. The summed E-state index contributed by atoms with van der Waals surface area (Å²) in [5.74, 6) is -0.333. The molecule has 0 aliphatic heterocycles. The van der Waals surface area contributed by atoms with E-state index in [0.29, 0.717) is 17.1 Å². The van der Waals surface area contributed by atoms with Gasteiger partial charge in [-0.2, -0.15) is 5.10 Å². The number of hydrogen-bond donors (Lipinski definition) is 2. The van der Waals surface area contributed by atoms with Gasteiger partial charge in [-0.1, -0.05) is 0 Å². The third-order valence-corrected chi connectivity index (χ3v) is 4.16. The van der Waals surface area contributed by atoms with Crippen molar-refractivity contribution >= 4 is 17.8 Å². The van der Waals surface area contributed by atoms with Crippen LogP contribution >= 0.6 is 0 Å². The summed E-state index contributed by atoms with van der Waals surface area (Å²) in [6.07, 6.45) is 5.34. The molecule has 2 amide bonds. The van der Waals surface area contributed by atoms with Gasteiger partial charge in [0.15, 0.2) is 11.5 Å². The zero-order valence-electron chi connectivity index (χ0n) is 19.1. The van der Waals surface area contributed by atoms with Gasteiger partial charge in [0.25, 0.3) is 5.91 Å². The Bertz CT molecular complexity index is 1120. The summed E-state index contributed by atoms with van der Waals surface area (Å²) in [5, 5.41) is 9.50. The maximum Gasteiger partial charge on any atom is 0.413 e. The normalized spacial score (nSPS) is 11.7. The highest BCUT2D eigenvalue weighted by atomic mass is 19.1. The van der Waals surface area contributed by atoms with E-state index in [2.05, 4.69) is 30.7 Å². The van der Waals surface area contributed by atoms with Crippen LogP contribution in [-0.4, -0.2) is 54.5 Å². The number of halogens is 1. The van der Waals surface area contributed by atoms with Crippen LogP contribution in [0, 0.1) is 0 Å². The fourth-order valence-corrected chi connectivity index (χ4v) is 2.69. The van der Waals surface area contributed by atoms with E-state index < -0.39 is 29.8 Å². The summed E-state index contributed by atoms with van der Waals surface area (Å²) < 4.78 is 19.9. The third-order valence-electron chi connectivity index (χ3n) is 4.16. The molecule has 10 nitrogen and oxygen atoms in total. The van der Waals surface area contributed by atoms with Crippen LogP contribution in [0.1, 0.15) is 45.1 Å². The van der Waals surface area contributed by atoms with Crippen LogP contribution in [-0.2, 0) is 4.74 Å². The zero-order chi connectivity index (χ0) is 24.2. The van der Waals surface area contributed by atoms with E-state index >= 15 is 0 Å². The second kappa shape index (κ2) is 9.31. The van der Waals surface area contributed by atoms with Gasteiger partial charge < -0.3 is 10.1 Å². The van der Waals surface area contributed by atoms with E-state index in [-0.39, 0.29) is 11.5 Å². The van der Waals surface area contributed by atoms with Crippen molar-refractivity contribution < 1.29 is 18.7 Å². The van der Waals surface area contributed by atoms with E-state index in [1.807, 2.05) is 0 Å². The molecule has 3 aromatic rings. The predicted molar refractivity (Wildman–Crippen MR) is 120 cm³/mol. The number of carbonyl (C=O) groups excluding carboxylic acids is 2. The summed E-state index contributed by atoms with van der Waals surface area (Å²) >= 11 is 0. The lowest BCUT2D eigenvalue weighted by molar-refractivity contribution is 0.0635. The molecule has 2 N–H and O–H groups in total. The number of amides is 2. The molecule has 0 aliphatic carbocycles. The predicted octanol–water partition coefficient (Wildman–Crippen LogP) is 3.55. The maximum absolute atomic E-state index is 13.2. The molecule has 33 heavy (non-hydrogen) atoms. The van der Waals surface area contributed by atoms with Gasteiger partial charge in [0, 0.05) is 6.20 Å². The summed E-state index contributed by atoms with van der Waals surface area (Å²) in [6, 6.07) is 5.02. The third kappa shape index (κ3) is 6.31. The van der Waals surface area contributed by atoms with Crippen molar-refractivity contribution in [1.29, 1.82) is 0 Å². The maximum atomic E-state index is 13.2. The molecule has 0 fully saturated rings. The van der Waals surface area contributed by atoms with Gasteiger partial charge >= 0.3 is 6.09 Å². The number of carbonyl (C=O) groups is 2. The number of ether oxygens (including phenoxy) is 1. The van der Waals surface area contributed by atoms with E-state index in [4.69, 9.17) is 4.74 Å². The Kier molecular flexibility index (Phi) is 6.70. The molecule has 3 heterocycles. The van der Waals surface area contributed by atoms with Crippen molar-refractivity contribution in [3.63, 3.8) is 0 Å². The van der Waals surface area contributed by atoms with Gasteiger partial charge in [0.2, 0.25) is 0 Å². The highest BCUT2D eigenvalue weighted by Gasteiger charge is 2.24. The number of pyridine rings is 1. The number of rotatable bonds is 6. The smallest absolute Gasteiger partial charge is 0.413 e. The van der Waals surface area contributed by atoms with E-state index in [9.17, 15) is 14.0 Å². The molecule has 0 unspecified atom stereocenters. The second-order valence-corrected chi connectivity index (χ2v) is 8.92. The summed E-state index contributed by atoms with van der Waals surface area (Å²) in [4.78, 5) is 37.3. The molecule has 0 bridgehead atoms. The number of aromatic nitrogens is 5. The van der Waals surface area contributed by atoms with Crippen molar-refractivity contribution in [2.75, 3.05) is 12.0 Å². The molecular weight excluding hydrogens is 429 g/mol. The molecule has 0 radical (unpaired) electrons. The van der Waals surface area contributed by atoms with Crippen molar-refractivity contribution in [3.8, 4) is 17.1 Å². The Morgan fingerprint density at radius 2 is 1.88 bits per heavy atom. The van der Waals surface area contributed by atoms with E-state index in [0.717, 1.165) is 0 Å². The van der Waals surface area contributed by atoms with Crippen LogP contribution in [0.25, 0.3) is 17.1 Å². The van der Waals surface area contributed by atoms with Crippen LogP contribution in [0.5, 0.6) is 0 Å². The summed E-state index contributed by atoms with van der Waals surface area (Å²) in [6.45, 7) is 7.68. The average molecular weight is 455 g/mol. The molecule has 11 heteroatoms. The largest absolute Gasteiger partial charge is 0.444 e. The summed E-state index contributed by atoms with van der Waals surface area (Å²) in [7, 11) is 0. The van der Waals surface area contributed by atoms with Gasteiger partial charge in [-0.15, -0.1) is 0 Å². The van der Waals surface area contributed by atoms with Crippen LogP contribution in [0.4, 0.5) is 15.0 Å². The minimum absolute atomic E-state index is 0.0770. The number of nitrogens with zero attached hydrogens (tertiary/aromatic N) is 5. The molecule has 174 valence electrons. The lowest BCUT2D eigenvalue weighted by atomic mass is 10.1. The number of anilines is 1. The second-order valence-electron chi connectivity index (χ2n) is 8.92. The number of alkyl halides is 1. The van der Waals surface area contributed by atoms with Crippen molar-refractivity contribution in [3.05, 3.63) is 48.7 Å². The first-order valence-electron chi connectivity index (χ1n) is 10.2. The lowest BCUT2D eigenvalue weighted by Crippen LogP contribution is -2.45. The van der Waals surface area contributed by atoms with Crippen LogP contribution in [0.2, 0.25) is 0 Å². The first kappa shape index (κ1) is 23.8. The molecule has 3 aromatic heterocycles. The standard InChI is InChI=1S/C22H26FN7O3/c1-21(2,3)33-20(32)27-18-12-25-16(11-26-18)17-9-15(19(31)28-22(4,5)13-23)29-30(17)14-7-6-8-24-10-14/h6-12H,13H2,1-5H3,(H,28,31)(H,26,27,32). The first-order chi connectivity index (χ1) is 15.5. The topological polar surface area (TPSA) is 124 Å². The van der Waals surface area contributed by atoms with Crippen LogP contribution in [0.15, 0.2) is 43.0 Å². The number of nitrogens with one attached hydrogen (secondary N) is 2. The van der Waals surface area contributed by atoms with Gasteiger partial charge in [-0.25, -0.2) is 23.8 Å². The Balaban J connectivity index is 1.92. The molecule has 0 aliphatic rings. The van der Waals surface area contributed by atoms with Crippen molar-refractivity contribution in [2.24, 2.45) is 0 Å². The Labute approximate surface area is 190 Å². The molecule has 3 rings (SSSR count). The van der Waals surface area contributed by atoms with E-state index in [1.54, 1.807) is 59.1 Å². The molecule has 0 atom stereocenters. The molecule has 0 spiro atoms. The molecular formula is C22H26FN7O3. The van der Waals surface area contributed by atoms with Crippen molar-refractivity contribution in [2.45, 2.75) is 45.8 Å². The minimum atomic E-state index is -1.04. The highest BCUT2D eigenvalue weighted by Crippen LogP contribution is 2.23. The van der Waals surface area contributed by atoms with Gasteiger partial charge in [-0.05, 0) is 52.8 Å². The molecule has 0 saturated carbocycles. The molecule has 0 saturated heterocycles. The monoisotopic (exact) mass is 455 g/mol. The molecule has 0 aromatic carbocycles. The Morgan fingerprint density at radius 3 is 2.45 bits per heavy atom. The van der Waals surface area contributed by atoms with E-state index in [1.165, 1.54) is 23.1 Å². The van der Waals surface area contributed by atoms with Crippen LogP contribution < -0.4 is 10.6 Å². The minimum Gasteiger partial charge on any atom is -0.444 e. The van der Waals surface area contributed by atoms with Crippen molar-refractivity contribution in [1.82, 2.24) is 30.0 Å². The quantitative estimate of drug-likeness (QED) is 0.582. The van der Waals surface area contributed by atoms with Gasteiger partial charge in [-0.3, -0.25) is 15.1 Å². The van der Waals surface area contributed by atoms with Crippen LogP contribution in [0.3, 0.4) is 0 Å². The Morgan fingerprint density at radius 1 is 1.12 bits per heavy atom. The Hall–Kier alpha value is -3.89. The zero-order valence-corrected chi connectivity index (χ0v) is 19.1. The number of hydrogen-bond acceptors (Lipinski definition) is 7. The average Bonchev–Trinajstić information content (AvgIpc) is 3.19. The van der Waals surface area contributed by atoms with Gasteiger partial charge in [0.1, 0.15) is 18.0 Å². The fraction of sp³-hybridized carbons (Fsp3) is 0.364. The van der Waals surface area contributed by atoms with Gasteiger partial charge in [0.05, 0.1) is 35.5 Å². The first-order valence-corrected chi connectivity index (χ1v) is 10.2. The fourth-order valence-electron chi connectivity index (χ4n) is 2.69. The SMILES string of the molecule is CC(C)(CF)NC(=O)c1cc(-c2cnc(NC(=O)OC(C)(C)C)cn2)n(-c2cccnc2)n1. The highest BCUT2D eigenvalue weighted by molar-refractivity contribution is 5.94. The lowest BCUT2D eigenvalue weighted by Gasteiger charge is -2.21.